The summed E-state index contributed by atoms with van der Waals surface area (Å²) in [6.07, 6.45) is 4.63. The van der Waals surface area contributed by atoms with Crippen LogP contribution < -0.4 is 0 Å². The Labute approximate surface area is 218 Å². The predicted octanol–water partition coefficient (Wildman–Crippen LogP) is 7.57. The van der Waals surface area contributed by atoms with Crippen molar-refractivity contribution in [3.05, 3.63) is 84.2 Å². The number of pyridine rings is 2. The second-order valence-electron chi connectivity index (χ2n) is 11.2. The lowest BCUT2D eigenvalue weighted by molar-refractivity contribution is 0.448. The van der Waals surface area contributed by atoms with Gasteiger partial charge in [0.2, 0.25) is 0 Å². The number of fused-ring (bicyclic) bond motifs is 1. The molecule has 3 heterocycles. The van der Waals surface area contributed by atoms with Gasteiger partial charge in [0.05, 0.1) is 22.5 Å². The summed E-state index contributed by atoms with van der Waals surface area (Å²) in [4.78, 5) is 14.5. The molecule has 5 nitrogen and oxygen atoms in total. The number of hydrogen-bond donors (Lipinski definition) is 1. The highest BCUT2D eigenvalue weighted by Gasteiger charge is 2.23. The number of benzene rings is 2. The summed E-state index contributed by atoms with van der Waals surface area (Å²) in [5.74, 6) is 1.52. The molecule has 0 atom stereocenters. The Morgan fingerprint density at radius 1 is 0.892 bits per heavy atom. The zero-order valence-electron chi connectivity index (χ0n) is 22.4. The van der Waals surface area contributed by atoms with Crippen LogP contribution >= 0.6 is 0 Å². The number of phenols is 1. The molecule has 0 radical (unpaired) electrons. The summed E-state index contributed by atoms with van der Waals surface area (Å²) in [5.41, 5.74) is 8.32. The highest BCUT2D eigenvalue weighted by molar-refractivity contribution is 5.93. The van der Waals surface area contributed by atoms with E-state index in [4.69, 9.17) is 9.97 Å². The van der Waals surface area contributed by atoms with Crippen molar-refractivity contribution in [2.75, 3.05) is 0 Å². The Bertz CT molecular complexity index is 1580. The molecule has 3 aromatic heterocycles. The zero-order chi connectivity index (χ0) is 26.3. The van der Waals surface area contributed by atoms with Gasteiger partial charge in [-0.2, -0.15) is 0 Å². The molecule has 0 aliphatic heterocycles. The highest BCUT2D eigenvalue weighted by atomic mass is 16.3. The Hall–Kier alpha value is -3.99. The number of hydrogen-bond acceptors (Lipinski definition) is 4. The van der Waals surface area contributed by atoms with Crippen LogP contribution in [0.2, 0.25) is 0 Å². The van der Waals surface area contributed by atoms with E-state index in [1.54, 1.807) is 0 Å². The quantitative estimate of drug-likeness (QED) is 0.276. The molecule has 188 valence electrons. The lowest BCUT2D eigenvalue weighted by Gasteiger charge is -2.21. The molecular formula is C32H34N4O. The van der Waals surface area contributed by atoms with Gasteiger partial charge in [0, 0.05) is 30.6 Å². The van der Waals surface area contributed by atoms with Gasteiger partial charge in [0.15, 0.2) is 0 Å². The molecule has 5 heteroatoms. The van der Waals surface area contributed by atoms with Crippen molar-refractivity contribution < 1.29 is 5.11 Å². The molecule has 5 rings (SSSR count). The average molecular weight is 491 g/mol. The number of rotatable bonds is 5. The van der Waals surface area contributed by atoms with E-state index in [1.165, 1.54) is 5.56 Å². The van der Waals surface area contributed by atoms with Crippen molar-refractivity contribution in [1.82, 2.24) is 19.5 Å². The lowest BCUT2D eigenvalue weighted by atomic mass is 9.85. The third-order valence-electron chi connectivity index (χ3n) is 6.76. The van der Waals surface area contributed by atoms with Gasteiger partial charge in [-0.3, -0.25) is 9.97 Å². The topological polar surface area (TPSA) is 63.8 Å². The summed E-state index contributed by atoms with van der Waals surface area (Å²) in [6, 6.07) is 20.5. The van der Waals surface area contributed by atoms with Crippen LogP contribution in [0.25, 0.3) is 44.9 Å². The second kappa shape index (κ2) is 9.47. The first-order chi connectivity index (χ1) is 17.6. The van der Waals surface area contributed by atoms with E-state index in [-0.39, 0.29) is 11.2 Å². The smallest absolute Gasteiger partial charge is 0.144 e. The molecule has 5 aromatic rings. The minimum Gasteiger partial charge on any atom is -0.507 e. The van der Waals surface area contributed by atoms with Crippen LogP contribution in [0.4, 0.5) is 0 Å². The van der Waals surface area contributed by atoms with Gasteiger partial charge in [-0.1, -0.05) is 52.8 Å². The van der Waals surface area contributed by atoms with Crippen molar-refractivity contribution >= 4 is 11.0 Å². The molecule has 0 bridgehead atoms. The number of para-hydroxylation sites is 1. The molecule has 1 N–H and O–H groups in total. The van der Waals surface area contributed by atoms with Crippen molar-refractivity contribution in [3.8, 4) is 39.7 Å². The van der Waals surface area contributed by atoms with E-state index < -0.39 is 0 Å². The number of imidazole rings is 1. The molecule has 0 fully saturated rings. The van der Waals surface area contributed by atoms with Crippen molar-refractivity contribution in [2.24, 2.45) is 13.0 Å². The lowest BCUT2D eigenvalue weighted by Crippen LogP contribution is -2.11. The summed E-state index contributed by atoms with van der Waals surface area (Å²) in [7, 11) is 1.99. The Kier molecular flexibility index (Phi) is 6.32. The molecule has 0 aliphatic carbocycles. The van der Waals surface area contributed by atoms with E-state index in [9.17, 15) is 5.11 Å². The van der Waals surface area contributed by atoms with Crippen LogP contribution in [0.5, 0.6) is 5.75 Å². The first-order valence-electron chi connectivity index (χ1n) is 12.8. The molecule has 0 aliphatic rings. The number of aromatic nitrogens is 4. The zero-order valence-corrected chi connectivity index (χ0v) is 22.4. The summed E-state index contributed by atoms with van der Waals surface area (Å²) in [6.45, 7) is 10.8. The van der Waals surface area contributed by atoms with Crippen LogP contribution in [0, 0.1) is 5.92 Å². The maximum Gasteiger partial charge on any atom is 0.144 e. The van der Waals surface area contributed by atoms with Gasteiger partial charge in [-0.25, -0.2) is 4.98 Å². The standard InChI is InChI=1S/C32H34N4O/c1-20(2)16-21-17-22(26-12-7-8-14-33-26)19-23(18-21)28-29-27(13-15-34-28)36(6)31(35-29)24-10-9-11-25(30(24)37)32(3,4)5/h7-15,17-20,37H,16H2,1-6H3. The summed E-state index contributed by atoms with van der Waals surface area (Å²) in [5, 5.41) is 11.2. The maximum atomic E-state index is 11.2. The number of aromatic hydroxyl groups is 1. The number of phenolic OH excluding ortho intramolecular Hbond substituents is 1. The number of aryl methyl sites for hydroxylation is 1. The monoisotopic (exact) mass is 490 g/mol. The van der Waals surface area contributed by atoms with Gasteiger partial charge < -0.3 is 9.67 Å². The van der Waals surface area contributed by atoms with E-state index in [0.717, 1.165) is 56.9 Å². The predicted molar refractivity (Wildman–Crippen MR) is 152 cm³/mol. The SMILES string of the molecule is CC(C)Cc1cc(-c2ccccn2)cc(-c2nccc3c2nc(-c2cccc(C(C)(C)C)c2O)n3C)c1. The molecule has 0 amide bonds. The van der Waals surface area contributed by atoms with E-state index in [0.29, 0.717) is 5.92 Å². The highest BCUT2D eigenvalue weighted by Crippen LogP contribution is 2.40. The van der Waals surface area contributed by atoms with Crippen LogP contribution in [0.3, 0.4) is 0 Å². The van der Waals surface area contributed by atoms with Crippen molar-refractivity contribution in [1.29, 1.82) is 0 Å². The van der Waals surface area contributed by atoms with Gasteiger partial charge in [-0.05, 0) is 71.3 Å². The summed E-state index contributed by atoms with van der Waals surface area (Å²) < 4.78 is 2.04. The van der Waals surface area contributed by atoms with Gasteiger partial charge >= 0.3 is 0 Å². The Balaban J connectivity index is 1.71. The average Bonchev–Trinajstić information content (AvgIpc) is 3.19. The van der Waals surface area contributed by atoms with Gasteiger partial charge in [0.1, 0.15) is 17.1 Å². The maximum absolute atomic E-state index is 11.2. The Morgan fingerprint density at radius 3 is 2.38 bits per heavy atom. The minimum atomic E-state index is -0.184. The second-order valence-corrected chi connectivity index (χ2v) is 11.2. The Morgan fingerprint density at radius 2 is 1.68 bits per heavy atom. The van der Waals surface area contributed by atoms with Crippen LogP contribution in [0.15, 0.2) is 73.1 Å². The normalized spacial score (nSPS) is 12.0. The third-order valence-corrected chi connectivity index (χ3v) is 6.76. The van der Waals surface area contributed by atoms with Gasteiger partial charge in [0.25, 0.3) is 0 Å². The largest absolute Gasteiger partial charge is 0.507 e. The molecule has 0 saturated carbocycles. The molecule has 0 spiro atoms. The first-order valence-corrected chi connectivity index (χ1v) is 12.8. The molecule has 2 aromatic carbocycles. The van der Waals surface area contributed by atoms with Crippen LogP contribution in [-0.4, -0.2) is 24.6 Å². The third kappa shape index (κ3) is 4.74. The molecule has 37 heavy (non-hydrogen) atoms. The van der Waals surface area contributed by atoms with E-state index in [1.807, 2.05) is 66.5 Å². The fourth-order valence-corrected chi connectivity index (χ4v) is 5.00. The van der Waals surface area contributed by atoms with Crippen LogP contribution in [0.1, 0.15) is 45.7 Å². The fourth-order valence-electron chi connectivity index (χ4n) is 5.00. The van der Waals surface area contributed by atoms with E-state index in [2.05, 4.69) is 57.8 Å². The molecule has 0 unspecified atom stereocenters. The summed E-state index contributed by atoms with van der Waals surface area (Å²) >= 11 is 0. The van der Waals surface area contributed by atoms with E-state index >= 15 is 0 Å². The van der Waals surface area contributed by atoms with Gasteiger partial charge in [-0.15, -0.1) is 0 Å². The molecular weight excluding hydrogens is 456 g/mol. The minimum absolute atomic E-state index is 0.184. The van der Waals surface area contributed by atoms with Crippen molar-refractivity contribution in [3.63, 3.8) is 0 Å². The first kappa shape index (κ1) is 24.7. The van der Waals surface area contributed by atoms with Crippen molar-refractivity contribution in [2.45, 2.75) is 46.5 Å². The fraction of sp³-hybridized carbons (Fsp3) is 0.281. The van der Waals surface area contributed by atoms with Crippen LogP contribution in [-0.2, 0) is 18.9 Å². The number of nitrogens with zero attached hydrogens (tertiary/aromatic N) is 4. The molecule has 0 saturated heterocycles.